The van der Waals surface area contributed by atoms with Gasteiger partial charge in [-0.05, 0) is 44.9 Å². The third-order valence-corrected chi connectivity index (χ3v) is 5.68. The van der Waals surface area contributed by atoms with E-state index in [-0.39, 0.29) is 0 Å². The predicted octanol–water partition coefficient (Wildman–Crippen LogP) is 3.50. The van der Waals surface area contributed by atoms with E-state index < -0.39 is 0 Å². The molecule has 3 saturated carbocycles. The van der Waals surface area contributed by atoms with Gasteiger partial charge in [0.2, 0.25) is 0 Å². The van der Waals surface area contributed by atoms with Gasteiger partial charge in [0.05, 0.1) is 6.10 Å². The van der Waals surface area contributed by atoms with E-state index in [1.165, 1.54) is 51.4 Å². The molecule has 18 heavy (non-hydrogen) atoms. The normalized spacial score (nSPS) is 35.0. The fourth-order valence-electron chi connectivity index (χ4n) is 4.07. The maximum Gasteiger partial charge on any atom is 0.0661 e. The second kappa shape index (κ2) is 5.13. The molecule has 3 aliphatic rings. The second-order valence-electron chi connectivity index (χ2n) is 6.77. The van der Waals surface area contributed by atoms with E-state index in [4.69, 9.17) is 4.74 Å². The molecule has 2 heteroatoms. The van der Waals surface area contributed by atoms with Crippen LogP contribution in [0.1, 0.15) is 65.2 Å². The lowest BCUT2D eigenvalue weighted by Crippen LogP contribution is -2.68. The lowest BCUT2D eigenvalue weighted by molar-refractivity contribution is -0.175. The highest BCUT2D eigenvalue weighted by Crippen LogP contribution is 2.57. The number of hydrogen-bond donors (Lipinski definition) is 1. The van der Waals surface area contributed by atoms with Gasteiger partial charge in [-0.15, -0.1) is 0 Å². The van der Waals surface area contributed by atoms with Crippen molar-refractivity contribution in [1.29, 1.82) is 0 Å². The molecule has 1 N–H and O–H groups in total. The van der Waals surface area contributed by atoms with Crippen molar-refractivity contribution in [2.24, 2.45) is 11.3 Å². The number of hydrogen-bond acceptors (Lipinski definition) is 2. The predicted molar refractivity (Wildman–Crippen MR) is 74.7 cm³/mol. The van der Waals surface area contributed by atoms with E-state index in [1.54, 1.807) is 0 Å². The van der Waals surface area contributed by atoms with Crippen LogP contribution in [0.2, 0.25) is 0 Å². The van der Waals surface area contributed by atoms with Gasteiger partial charge in [-0.3, -0.25) is 0 Å². The minimum atomic E-state index is 0.535. The van der Waals surface area contributed by atoms with Crippen LogP contribution in [0.4, 0.5) is 0 Å². The van der Waals surface area contributed by atoms with Gasteiger partial charge in [-0.2, -0.15) is 0 Å². The van der Waals surface area contributed by atoms with E-state index in [1.807, 2.05) is 0 Å². The summed E-state index contributed by atoms with van der Waals surface area (Å²) in [6, 6.07) is 1.52. The van der Waals surface area contributed by atoms with Crippen LogP contribution in [0.5, 0.6) is 0 Å². The van der Waals surface area contributed by atoms with Gasteiger partial charge in [0.1, 0.15) is 0 Å². The van der Waals surface area contributed by atoms with E-state index >= 15 is 0 Å². The molecule has 3 unspecified atom stereocenters. The van der Waals surface area contributed by atoms with Crippen molar-refractivity contribution in [1.82, 2.24) is 5.32 Å². The summed E-state index contributed by atoms with van der Waals surface area (Å²) in [6.45, 7) is 5.36. The molecule has 0 amide bonds. The van der Waals surface area contributed by atoms with Crippen LogP contribution < -0.4 is 5.32 Å². The lowest BCUT2D eigenvalue weighted by atomic mass is 9.51. The molecule has 0 bridgehead atoms. The van der Waals surface area contributed by atoms with E-state index in [0.717, 1.165) is 24.6 Å². The number of rotatable bonds is 7. The molecule has 3 rings (SSSR count). The van der Waals surface area contributed by atoms with Gasteiger partial charge < -0.3 is 10.1 Å². The lowest BCUT2D eigenvalue weighted by Gasteiger charge is -2.62. The van der Waals surface area contributed by atoms with Crippen LogP contribution in [0.15, 0.2) is 0 Å². The van der Waals surface area contributed by atoms with Gasteiger partial charge >= 0.3 is 0 Å². The first kappa shape index (κ1) is 12.9. The second-order valence-corrected chi connectivity index (χ2v) is 6.77. The molecule has 0 saturated heterocycles. The topological polar surface area (TPSA) is 21.3 Å². The van der Waals surface area contributed by atoms with Gasteiger partial charge in [0.15, 0.2) is 0 Å². The monoisotopic (exact) mass is 251 g/mol. The van der Waals surface area contributed by atoms with Crippen molar-refractivity contribution < 1.29 is 4.74 Å². The maximum absolute atomic E-state index is 5.93. The summed E-state index contributed by atoms with van der Waals surface area (Å²) in [6.07, 6.45) is 11.7. The minimum Gasteiger partial charge on any atom is -0.378 e. The van der Waals surface area contributed by atoms with Crippen molar-refractivity contribution in [2.75, 3.05) is 6.61 Å². The van der Waals surface area contributed by atoms with Crippen molar-refractivity contribution in [3.63, 3.8) is 0 Å². The molecule has 0 heterocycles. The van der Waals surface area contributed by atoms with Crippen LogP contribution in [0.25, 0.3) is 0 Å². The van der Waals surface area contributed by atoms with Crippen LogP contribution in [-0.2, 0) is 4.74 Å². The summed E-state index contributed by atoms with van der Waals surface area (Å²) >= 11 is 0. The van der Waals surface area contributed by atoms with Crippen LogP contribution >= 0.6 is 0 Å². The van der Waals surface area contributed by atoms with Crippen LogP contribution in [-0.4, -0.2) is 24.8 Å². The van der Waals surface area contributed by atoms with Gasteiger partial charge in [0.25, 0.3) is 0 Å². The zero-order valence-corrected chi connectivity index (χ0v) is 12.1. The zero-order valence-electron chi connectivity index (χ0n) is 12.1. The molecular weight excluding hydrogens is 222 g/mol. The summed E-state index contributed by atoms with van der Waals surface area (Å²) in [4.78, 5) is 0. The molecule has 0 radical (unpaired) electrons. The smallest absolute Gasteiger partial charge is 0.0661 e. The van der Waals surface area contributed by atoms with E-state index in [2.05, 4.69) is 19.2 Å². The molecule has 104 valence electrons. The summed E-state index contributed by atoms with van der Waals surface area (Å²) in [7, 11) is 0. The fourth-order valence-corrected chi connectivity index (χ4v) is 4.07. The molecule has 3 aliphatic carbocycles. The Morgan fingerprint density at radius 3 is 2.56 bits per heavy atom. The van der Waals surface area contributed by atoms with Crippen molar-refractivity contribution >= 4 is 0 Å². The molecule has 2 nitrogen and oxygen atoms in total. The highest BCUT2D eigenvalue weighted by Gasteiger charge is 2.58. The summed E-state index contributed by atoms with van der Waals surface area (Å²) in [5.41, 5.74) is 0.535. The minimum absolute atomic E-state index is 0.535. The molecule has 3 fully saturated rings. The van der Waals surface area contributed by atoms with Crippen molar-refractivity contribution in [3.8, 4) is 0 Å². The first-order chi connectivity index (χ1) is 8.78. The average Bonchev–Trinajstić information content (AvgIpc) is 3.07. The first-order valence-electron chi connectivity index (χ1n) is 8.16. The van der Waals surface area contributed by atoms with Crippen molar-refractivity contribution in [2.45, 2.75) is 83.4 Å². The SMILES string of the molecule is CCOC1CC(NC(CC)CC2CC2)C12CCC2. The fraction of sp³-hybridized carbons (Fsp3) is 1.00. The summed E-state index contributed by atoms with van der Waals surface area (Å²) < 4.78 is 5.93. The molecule has 0 aromatic carbocycles. The third-order valence-electron chi connectivity index (χ3n) is 5.68. The van der Waals surface area contributed by atoms with Crippen LogP contribution in [0, 0.1) is 11.3 Å². The first-order valence-corrected chi connectivity index (χ1v) is 8.16. The van der Waals surface area contributed by atoms with Gasteiger partial charge in [-0.1, -0.05) is 26.2 Å². The Morgan fingerprint density at radius 1 is 1.28 bits per heavy atom. The number of nitrogens with one attached hydrogen (secondary N) is 1. The largest absolute Gasteiger partial charge is 0.378 e. The molecular formula is C16H29NO. The number of ether oxygens (including phenoxy) is 1. The standard InChI is InChI=1S/C16H29NO/c1-3-13(10-12-6-7-12)17-14-11-15(18-4-2)16(14)8-5-9-16/h12-15,17H,3-11H2,1-2H3. The van der Waals surface area contributed by atoms with Crippen molar-refractivity contribution in [3.05, 3.63) is 0 Å². The Kier molecular flexibility index (Phi) is 3.68. The Labute approximate surface area is 112 Å². The van der Waals surface area contributed by atoms with Gasteiger partial charge in [-0.25, -0.2) is 0 Å². The summed E-state index contributed by atoms with van der Waals surface area (Å²) in [5.74, 6) is 1.04. The highest BCUT2D eigenvalue weighted by molar-refractivity contribution is 5.12. The molecule has 3 atom stereocenters. The third kappa shape index (κ3) is 2.22. The zero-order chi connectivity index (χ0) is 12.6. The maximum atomic E-state index is 5.93. The molecule has 0 aliphatic heterocycles. The highest BCUT2D eigenvalue weighted by atomic mass is 16.5. The van der Waals surface area contributed by atoms with E-state index in [0.29, 0.717) is 11.5 Å². The molecule has 1 spiro atoms. The van der Waals surface area contributed by atoms with E-state index in [9.17, 15) is 0 Å². The molecule has 0 aromatic heterocycles. The van der Waals surface area contributed by atoms with Gasteiger partial charge in [0, 0.05) is 24.1 Å². The van der Waals surface area contributed by atoms with Crippen LogP contribution in [0.3, 0.4) is 0 Å². The Morgan fingerprint density at radius 2 is 2.06 bits per heavy atom. The Bertz CT molecular complexity index is 283. The average molecular weight is 251 g/mol. The molecule has 0 aromatic rings. The summed E-state index contributed by atoms with van der Waals surface area (Å²) in [5, 5.41) is 3.98. The quantitative estimate of drug-likeness (QED) is 0.747. The Hall–Kier alpha value is -0.0800. The Balaban J connectivity index is 1.52.